The van der Waals surface area contributed by atoms with Crippen LogP contribution < -0.4 is 5.73 Å². The fraction of sp³-hybridized carbons (Fsp3) is 1.00. The summed E-state index contributed by atoms with van der Waals surface area (Å²) >= 11 is 2.23. The Labute approximate surface area is 85.8 Å². The summed E-state index contributed by atoms with van der Waals surface area (Å²) < 4.78 is 0.516. The number of thioether (sulfide) groups is 1. The van der Waals surface area contributed by atoms with Crippen molar-refractivity contribution >= 4 is 11.8 Å². The molecule has 0 aliphatic heterocycles. The third-order valence-electron chi connectivity index (χ3n) is 3.61. The van der Waals surface area contributed by atoms with Crippen LogP contribution in [0.5, 0.6) is 0 Å². The molecule has 2 heteroatoms. The van der Waals surface area contributed by atoms with Gasteiger partial charge in [0, 0.05) is 16.5 Å². The summed E-state index contributed by atoms with van der Waals surface area (Å²) in [5, 5.41) is 0.942. The van der Waals surface area contributed by atoms with Gasteiger partial charge in [-0.05, 0) is 25.7 Å². The Morgan fingerprint density at radius 1 is 1.08 bits per heavy atom. The van der Waals surface area contributed by atoms with E-state index in [-0.39, 0.29) is 0 Å². The van der Waals surface area contributed by atoms with Crippen LogP contribution in [-0.2, 0) is 0 Å². The van der Waals surface area contributed by atoms with E-state index < -0.39 is 0 Å². The van der Waals surface area contributed by atoms with E-state index in [9.17, 15) is 0 Å². The monoisotopic (exact) mass is 199 g/mol. The third kappa shape index (κ3) is 2.21. The molecule has 0 saturated heterocycles. The van der Waals surface area contributed by atoms with Crippen LogP contribution in [0.2, 0.25) is 0 Å². The molecule has 1 nitrogen and oxygen atoms in total. The van der Waals surface area contributed by atoms with Crippen molar-refractivity contribution in [2.45, 2.75) is 61.4 Å². The SMILES string of the molecule is NCC1(SC2CCCCC2)CCC1. The second-order valence-electron chi connectivity index (χ2n) is 4.62. The lowest BCUT2D eigenvalue weighted by Crippen LogP contribution is -2.42. The maximum atomic E-state index is 5.87. The number of nitrogens with two attached hydrogens (primary N) is 1. The van der Waals surface area contributed by atoms with E-state index in [4.69, 9.17) is 5.73 Å². The highest BCUT2D eigenvalue weighted by Crippen LogP contribution is 2.47. The predicted octanol–water partition coefficient (Wildman–Crippen LogP) is 2.93. The minimum absolute atomic E-state index is 0.516. The van der Waals surface area contributed by atoms with Gasteiger partial charge in [0.05, 0.1) is 0 Å². The van der Waals surface area contributed by atoms with Gasteiger partial charge >= 0.3 is 0 Å². The molecule has 0 aromatic carbocycles. The number of hydrogen-bond donors (Lipinski definition) is 1. The molecule has 2 aliphatic carbocycles. The highest BCUT2D eigenvalue weighted by molar-refractivity contribution is 8.01. The molecule has 0 amide bonds. The van der Waals surface area contributed by atoms with Crippen molar-refractivity contribution < 1.29 is 0 Å². The largest absolute Gasteiger partial charge is 0.329 e. The van der Waals surface area contributed by atoms with Crippen LogP contribution >= 0.6 is 11.8 Å². The van der Waals surface area contributed by atoms with Gasteiger partial charge in [0.15, 0.2) is 0 Å². The molecular formula is C11H21NS. The summed E-state index contributed by atoms with van der Waals surface area (Å²) in [4.78, 5) is 0. The Morgan fingerprint density at radius 2 is 1.77 bits per heavy atom. The first-order valence-electron chi connectivity index (χ1n) is 5.73. The van der Waals surface area contributed by atoms with E-state index in [2.05, 4.69) is 11.8 Å². The van der Waals surface area contributed by atoms with Gasteiger partial charge in [0.1, 0.15) is 0 Å². The summed E-state index contributed by atoms with van der Waals surface area (Å²) in [5.74, 6) is 0. The second-order valence-corrected chi connectivity index (χ2v) is 6.39. The normalized spacial score (nSPS) is 28.4. The third-order valence-corrected chi connectivity index (χ3v) is 5.49. The lowest BCUT2D eigenvalue weighted by molar-refractivity contribution is 0.366. The lowest BCUT2D eigenvalue weighted by Gasteiger charge is -2.43. The first-order valence-corrected chi connectivity index (χ1v) is 6.60. The molecular weight excluding hydrogens is 178 g/mol. The Kier molecular flexibility index (Phi) is 3.20. The minimum Gasteiger partial charge on any atom is -0.329 e. The van der Waals surface area contributed by atoms with E-state index in [0.29, 0.717) is 4.75 Å². The molecule has 0 unspecified atom stereocenters. The quantitative estimate of drug-likeness (QED) is 0.756. The molecule has 0 aromatic rings. The van der Waals surface area contributed by atoms with Crippen LogP contribution in [-0.4, -0.2) is 16.5 Å². The molecule has 2 rings (SSSR count). The molecule has 2 N–H and O–H groups in total. The smallest absolute Gasteiger partial charge is 0.0285 e. The van der Waals surface area contributed by atoms with Crippen molar-refractivity contribution in [1.29, 1.82) is 0 Å². The summed E-state index contributed by atoms with van der Waals surface area (Å²) in [5.41, 5.74) is 5.87. The molecule has 76 valence electrons. The Bertz CT molecular complexity index is 154. The van der Waals surface area contributed by atoms with Gasteiger partial charge in [0.25, 0.3) is 0 Å². The average molecular weight is 199 g/mol. The van der Waals surface area contributed by atoms with Crippen LogP contribution in [0.4, 0.5) is 0 Å². The van der Waals surface area contributed by atoms with E-state index in [1.807, 2.05) is 0 Å². The standard InChI is InChI=1S/C11H21NS/c12-9-11(7-4-8-11)13-10-5-2-1-3-6-10/h10H,1-9,12H2. The summed E-state index contributed by atoms with van der Waals surface area (Å²) in [6, 6.07) is 0. The van der Waals surface area contributed by atoms with Crippen LogP contribution in [0.15, 0.2) is 0 Å². The highest BCUT2D eigenvalue weighted by atomic mass is 32.2. The molecule has 0 heterocycles. The van der Waals surface area contributed by atoms with Crippen LogP contribution in [0.3, 0.4) is 0 Å². The maximum Gasteiger partial charge on any atom is 0.0285 e. The fourth-order valence-electron chi connectivity index (χ4n) is 2.48. The number of rotatable bonds is 3. The van der Waals surface area contributed by atoms with Crippen LogP contribution in [0.1, 0.15) is 51.4 Å². The fourth-order valence-corrected chi connectivity index (χ4v) is 4.37. The van der Waals surface area contributed by atoms with Crippen LogP contribution in [0, 0.1) is 0 Å². The Morgan fingerprint density at radius 3 is 2.23 bits per heavy atom. The van der Waals surface area contributed by atoms with E-state index in [1.54, 1.807) is 0 Å². The van der Waals surface area contributed by atoms with Gasteiger partial charge in [-0.25, -0.2) is 0 Å². The van der Waals surface area contributed by atoms with Gasteiger partial charge in [-0.2, -0.15) is 11.8 Å². The van der Waals surface area contributed by atoms with Gasteiger partial charge < -0.3 is 5.73 Å². The van der Waals surface area contributed by atoms with Gasteiger partial charge in [-0.3, -0.25) is 0 Å². The summed E-state index contributed by atoms with van der Waals surface area (Å²) in [6.45, 7) is 0.911. The van der Waals surface area contributed by atoms with Crippen molar-refractivity contribution in [2.75, 3.05) is 6.54 Å². The van der Waals surface area contributed by atoms with Gasteiger partial charge in [-0.1, -0.05) is 25.7 Å². The van der Waals surface area contributed by atoms with Gasteiger partial charge in [0.2, 0.25) is 0 Å². The Balaban J connectivity index is 1.81. The summed E-state index contributed by atoms with van der Waals surface area (Å²) in [7, 11) is 0. The average Bonchev–Trinajstić information content (AvgIpc) is 2.13. The zero-order valence-corrected chi connectivity index (χ0v) is 9.24. The topological polar surface area (TPSA) is 26.0 Å². The molecule has 0 atom stereocenters. The first kappa shape index (κ1) is 9.85. The maximum absolute atomic E-state index is 5.87. The molecule has 2 fully saturated rings. The highest BCUT2D eigenvalue weighted by Gasteiger charge is 2.38. The zero-order valence-electron chi connectivity index (χ0n) is 8.43. The van der Waals surface area contributed by atoms with E-state index >= 15 is 0 Å². The molecule has 0 bridgehead atoms. The van der Waals surface area contributed by atoms with Crippen molar-refractivity contribution in [3.63, 3.8) is 0 Å². The first-order chi connectivity index (χ1) is 6.35. The lowest BCUT2D eigenvalue weighted by atomic mass is 9.84. The van der Waals surface area contributed by atoms with Crippen molar-refractivity contribution in [3.05, 3.63) is 0 Å². The van der Waals surface area contributed by atoms with Crippen molar-refractivity contribution in [1.82, 2.24) is 0 Å². The molecule has 0 radical (unpaired) electrons. The predicted molar refractivity (Wildman–Crippen MR) is 60.1 cm³/mol. The molecule has 0 aromatic heterocycles. The summed E-state index contributed by atoms with van der Waals surface area (Å²) in [6.07, 6.45) is 11.5. The van der Waals surface area contributed by atoms with Crippen molar-refractivity contribution in [3.8, 4) is 0 Å². The van der Waals surface area contributed by atoms with Crippen molar-refractivity contribution in [2.24, 2.45) is 5.73 Å². The Hall–Kier alpha value is 0.310. The van der Waals surface area contributed by atoms with E-state index in [0.717, 1.165) is 11.8 Å². The van der Waals surface area contributed by atoms with Gasteiger partial charge in [-0.15, -0.1) is 0 Å². The molecule has 2 aliphatic rings. The number of hydrogen-bond acceptors (Lipinski definition) is 2. The minimum atomic E-state index is 0.516. The van der Waals surface area contributed by atoms with Crippen LogP contribution in [0.25, 0.3) is 0 Å². The zero-order chi connectivity index (χ0) is 9.15. The molecule has 0 spiro atoms. The molecule has 2 saturated carbocycles. The second kappa shape index (κ2) is 4.22. The van der Waals surface area contributed by atoms with E-state index in [1.165, 1.54) is 51.4 Å². The molecule has 13 heavy (non-hydrogen) atoms.